The summed E-state index contributed by atoms with van der Waals surface area (Å²) < 4.78 is 5.44. The lowest BCUT2D eigenvalue weighted by molar-refractivity contribution is -0.0126. The monoisotopic (exact) mass is 263 g/mol. The fourth-order valence-corrected chi connectivity index (χ4v) is 2.07. The summed E-state index contributed by atoms with van der Waals surface area (Å²) in [5.41, 5.74) is 0.496. The lowest BCUT2D eigenvalue weighted by atomic mass is 10.2. The molecule has 0 aliphatic carbocycles. The smallest absolute Gasteiger partial charge is 0.272 e. The Morgan fingerprint density at radius 3 is 3.16 bits per heavy atom. The summed E-state index contributed by atoms with van der Waals surface area (Å²) in [6.07, 6.45) is 1.12. The van der Waals surface area contributed by atoms with E-state index in [9.17, 15) is 4.79 Å². The van der Waals surface area contributed by atoms with E-state index in [4.69, 9.17) is 4.74 Å². The fourth-order valence-electron chi connectivity index (χ4n) is 2.07. The zero-order valence-corrected chi connectivity index (χ0v) is 11.6. The predicted molar refractivity (Wildman–Crippen MR) is 74.3 cm³/mol. The third-order valence-electron chi connectivity index (χ3n) is 3.05. The van der Waals surface area contributed by atoms with Crippen LogP contribution in [-0.2, 0) is 4.74 Å². The molecule has 1 N–H and O–H groups in total. The Hall–Kier alpha value is -1.62. The molecule has 0 bridgehead atoms. The molecule has 2 heterocycles. The van der Waals surface area contributed by atoms with E-state index in [0.29, 0.717) is 25.4 Å². The maximum atomic E-state index is 12.4. The van der Waals surface area contributed by atoms with Crippen molar-refractivity contribution in [3.05, 3.63) is 23.9 Å². The normalized spacial score (nSPS) is 19.3. The first-order valence-corrected chi connectivity index (χ1v) is 6.82. The number of ether oxygens (including phenoxy) is 1. The minimum atomic E-state index is -0.0182. The second kappa shape index (κ2) is 6.52. The molecule has 1 saturated heterocycles. The van der Waals surface area contributed by atoms with Gasteiger partial charge in [0.15, 0.2) is 0 Å². The molecule has 19 heavy (non-hydrogen) atoms. The molecule has 0 spiro atoms. The number of anilines is 1. The molecule has 0 aromatic carbocycles. The first kappa shape index (κ1) is 13.8. The van der Waals surface area contributed by atoms with Gasteiger partial charge in [0.2, 0.25) is 0 Å². The van der Waals surface area contributed by atoms with Crippen LogP contribution in [0, 0.1) is 0 Å². The highest BCUT2D eigenvalue weighted by Crippen LogP contribution is 2.11. The lowest BCUT2D eigenvalue weighted by Crippen LogP contribution is -2.44. The maximum Gasteiger partial charge on any atom is 0.272 e. The second-order valence-electron chi connectivity index (χ2n) is 4.77. The zero-order chi connectivity index (χ0) is 13.7. The zero-order valence-electron chi connectivity index (χ0n) is 11.6. The first-order chi connectivity index (χ1) is 9.20. The van der Waals surface area contributed by atoms with E-state index in [1.165, 1.54) is 0 Å². The quantitative estimate of drug-likeness (QED) is 0.899. The minimum Gasteiger partial charge on any atom is -0.375 e. The summed E-state index contributed by atoms with van der Waals surface area (Å²) in [6, 6.07) is 5.51. The standard InChI is InChI=1S/C14H21N3O2/c1-3-7-15-13-6-4-5-12(16-13)14(18)17-8-9-19-11(2)10-17/h4-6,11H,3,7-10H2,1-2H3,(H,15,16). The van der Waals surface area contributed by atoms with Crippen molar-refractivity contribution in [2.24, 2.45) is 0 Å². The van der Waals surface area contributed by atoms with Crippen LogP contribution in [0.3, 0.4) is 0 Å². The van der Waals surface area contributed by atoms with E-state index in [2.05, 4.69) is 17.2 Å². The van der Waals surface area contributed by atoms with Crippen molar-refractivity contribution in [1.82, 2.24) is 9.88 Å². The fraction of sp³-hybridized carbons (Fsp3) is 0.571. The second-order valence-corrected chi connectivity index (χ2v) is 4.77. The van der Waals surface area contributed by atoms with E-state index >= 15 is 0 Å². The third-order valence-corrected chi connectivity index (χ3v) is 3.05. The molecule has 1 aliphatic heterocycles. The number of hydrogen-bond donors (Lipinski definition) is 1. The first-order valence-electron chi connectivity index (χ1n) is 6.82. The third kappa shape index (κ3) is 3.67. The Morgan fingerprint density at radius 2 is 2.42 bits per heavy atom. The number of carbonyl (C=O) groups is 1. The largest absolute Gasteiger partial charge is 0.375 e. The van der Waals surface area contributed by atoms with Gasteiger partial charge in [0.05, 0.1) is 12.7 Å². The number of pyridine rings is 1. The summed E-state index contributed by atoms with van der Waals surface area (Å²) in [5.74, 6) is 0.740. The van der Waals surface area contributed by atoms with Gasteiger partial charge in [-0.2, -0.15) is 0 Å². The summed E-state index contributed by atoms with van der Waals surface area (Å²) in [6.45, 7) is 6.80. The number of nitrogens with one attached hydrogen (secondary N) is 1. The van der Waals surface area contributed by atoms with Crippen LogP contribution in [0.1, 0.15) is 30.8 Å². The Kier molecular flexibility index (Phi) is 4.74. The van der Waals surface area contributed by atoms with Crippen LogP contribution in [0.25, 0.3) is 0 Å². The van der Waals surface area contributed by atoms with Crippen molar-refractivity contribution < 1.29 is 9.53 Å². The van der Waals surface area contributed by atoms with Crippen LogP contribution in [0.4, 0.5) is 5.82 Å². The average Bonchev–Trinajstić information content (AvgIpc) is 2.44. The predicted octanol–water partition coefficient (Wildman–Crippen LogP) is 1.76. The lowest BCUT2D eigenvalue weighted by Gasteiger charge is -2.30. The summed E-state index contributed by atoms with van der Waals surface area (Å²) >= 11 is 0. The molecule has 1 aromatic heterocycles. The molecular formula is C14H21N3O2. The van der Waals surface area contributed by atoms with Gasteiger partial charge in [-0.05, 0) is 25.5 Å². The van der Waals surface area contributed by atoms with Gasteiger partial charge in [0.1, 0.15) is 11.5 Å². The Bertz CT molecular complexity index is 436. The Labute approximate surface area is 114 Å². The van der Waals surface area contributed by atoms with Crippen LogP contribution in [-0.4, -0.2) is 48.1 Å². The van der Waals surface area contributed by atoms with Gasteiger partial charge in [-0.1, -0.05) is 13.0 Å². The summed E-state index contributed by atoms with van der Waals surface area (Å²) in [5, 5.41) is 3.19. The highest BCUT2D eigenvalue weighted by molar-refractivity contribution is 5.92. The van der Waals surface area contributed by atoms with Crippen LogP contribution < -0.4 is 5.32 Å². The molecule has 1 aliphatic rings. The van der Waals surface area contributed by atoms with Gasteiger partial charge in [0, 0.05) is 19.6 Å². The molecule has 0 saturated carbocycles. The highest BCUT2D eigenvalue weighted by atomic mass is 16.5. The van der Waals surface area contributed by atoms with Gasteiger partial charge < -0.3 is 15.0 Å². The Balaban J connectivity index is 2.05. The number of nitrogens with zero attached hydrogens (tertiary/aromatic N) is 2. The number of hydrogen-bond acceptors (Lipinski definition) is 4. The number of amides is 1. The van der Waals surface area contributed by atoms with Crippen molar-refractivity contribution in [1.29, 1.82) is 0 Å². The van der Waals surface area contributed by atoms with Crippen molar-refractivity contribution >= 4 is 11.7 Å². The molecule has 1 unspecified atom stereocenters. The van der Waals surface area contributed by atoms with Crippen LogP contribution in [0.15, 0.2) is 18.2 Å². The topological polar surface area (TPSA) is 54.5 Å². The van der Waals surface area contributed by atoms with E-state index < -0.39 is 0 Å². The van der Waals surface area contributed by atoms with E-state index in [-0.39, 0.29) is 12.0 Å². The van der Waals surface area contributed by atoms with Crippen molar-refractivity contribution in [2.45, 2.75) is 26.4 Å². The number of rotatable bonds is 4. The van der Waals surface area contributed by atoms with Crippen LogP contribution in [0.5, 0.6) is 0 Å². The number of morpholine rings is 1. The SMILES string of the molecule is CCCNc1cccc(C(=O)N2CCOC(C)C2)n1. The molecule has 1 fully saturated rings. The molecule has 5 nitrogen and oxygen atoms in total. The highest BCUT2D eigenvalue weighted by Gasteiger charge is 2.23. The van der Waals surface area contributed by atoms with Crippen molar-refractivity contribution in [2.75, 3.05) is 31.6 Å². The molecule has 2 rings (SSSR count). The average molecular weight is 263 g/mol. The molecule has 1 atom stereocenters. The Morgan fingerprint density at radius 1 is 1.58 bits per heavy atom. The van der Waals surface area contributed by atoms with Crippen LogP contribution >= 0.6 is 0 Å². The molecule has 1 amide bonds. The van der Waals surface area contributed by atoms with Crippen molar-refractivity contribution in [3.8, 4) is 0 Å². The van der Waals surface area contributed by atoms with Crippen LogP contribution in [0.2, 0.25) is 0 Å². The summed E-state index contributed by atoms with van der Waals surface area (Å²) in [4.78, 5) is 18.5. The van der Waals surface area contributed by atoms with Gasteiger partial charge in [-0.3, -0.25) is 4.79 Å². The van der Waals surface area contributed by atoms with E-state index in [0.717, 1.165) is 18.8 Å². The van der Waals surface area contributed by atoms with Crippen molar-refractivity contribution in [3.63, 3.8) is 0 Å². The van der Waals surface area contributed by atoms with E-state index in [1.807, 2.05) is 19.1 Å². The molecule has 104 valence electrons. The maximum absolute atomic E-state index is 12.4. The molecule has 0 radical (unpaired) electrons. The van der Waals surface area contributed by atoms with Gasteiger partial charge in [-0.25, -0.2) is 4.98 Å². The van der Waals surface area contributed by atoms with E-state index in [1.54, 1.807) is 11.0 Å². The molecular weight excluding hydrogens is 242 g/mol. The number of aromatic nitrogens is 1. The van der Waals surface area contributed by atoms with Gasteiger partial charge >= 0.3 is 0 Å². The molecule has 5 heteroatoms. The van der Waals surface area contributed by atoms with Gasteiger partial charge in [0.25, 0.3) is 5.91 Å². The van der Waals surface area contributed by atoms with Gasteiger partial charge in [-0.15, -0.1) is 0 Å². The molecule has 1 aromatic rings. The minimum absolute atomic E-state index is 0.0182. The summed E-state index contributed by atoms with van der Waals surface area (Å²) in [7, 11) is 0. The number of carbonyl (C=O) groups excluding carboxylic acids is 1.